The van der Waals surface area contributed by atoms with Crippen molar-refractivity contribution in [2.75, 3.05) is 19.6 Å². The fourth-order valence-corrected chi connectivity index (χ4v) is 1.82. The summed E-state index contributed by atoms with van der Waals surface area (Å²) in [6, 6.07) is 0. The Balaban J connectivity index is 2.44. The van der Waals surface area contributed by atoms with Crippen LogP contribution in [0.1, 0.15) is 33.6 Å². The van der Waals surface area contributed by atoms with Crippen molar-refractivity contribution >= 4 is 5.96 Å². The predicted molar refractivity (Wildman–Crippen MR) is 65.9 cm³/mol. The lowest BCUT2D eigenvalue weighted by molar-refractivity contribution is 0.270. The van der Waals surface area contributed by atoms with Crippen molar-refractivity contribution in [3.63, 3.8) is 0 Å². The number of aliphatic imine (C=N–C) groups is 1. The summed E-state index contributed by atoms with van der Waals surface area (Å²) in [7, 11) is 0. The minimum Gasteiger partial charge on any atom is -0.370 e. The largest absolute Gasteiger partial charge is 0.370 e. The summed E-state index contributed by atoms with van der Waals surface area (Å²) in [6.07, 6.45) is 4.65. The van der Waals surface area contributed by atoms with Gasteiger partial charge in [-0.15, -0.1) is 0 Å². The molecule has 0 aromatic rings. The van der Waals surface area contributed by atoms with Crippen molar-refractivity contribution in [2.24, 2.45) is 16.6 Å². The smallest absolute Gasteiger partial charge is 0.191 e. The summed E-state index contributed by atoms with van der Waals surface area (Å²) < 4.78 is 0. The highest BCUT2D eigenvalue weighted by atomic mass is 15.3. The highest BCUT2D eigenvalue weighted by Crippen LogP contribution is 2.14. The number of hydrogen-bond donors (Lipinski definition) is 1. The number of nitrogens with zero attached hydrogens (tertiary/aromatic N) is 2. The number of rotatable bonds is 2. The van der Waals surface area contributed by atoms with Gasteiger partial charge < -0.3 is 10.6 Å². The van der Waals surface area contributed by atoms with Gasteiger partial charge in [-0.3, -0.25) is 0 Å². The molecule has 1 atom stereocenters. The minimum absolute atomic E-state index is 0.707. The van der Waals surface area contributed by atoms with E-state index in [4.69, 9.17) is 5.73 Å². The molecule has 1 heterocycles. The molecule has 2 N–H and O–H groups in total. The maximum Gasteiger partial charge on any atom is 0.191 e. The number of nitrogens with two attached hydrogens (primary N) is 1. The van der Waals surface area contributed by atoms with Crippen LogP contribution in [0.25, 0.3) is 0 Å². The Morgan fingerprint density at radius 2 is 2.27 bits per heavy atom. The Labute approximate surface area is 93.1 Å². The van der Waals surface area contributed by atoms with Crippen LogP contribution in [-0.2, 0) is 0 Å². The van der Waals surface area contributed by atoms with E-state index < -0.39 is 0 Å². The second kappa shape index (κ2) is 5.79. The fourth-order valence-electron chi connectivity index (χ4n) is 1.82. The lowest BCUT2D eigenvalue weighted by atomic mass is 10.0. The third kappa shape index (κ3) is 4.36. The van der Waals surface area contributed by atoms with Crippen molar-refractivity contribution < 1.29 is 0 Å². The first-order valence-electron chi connectivity index (χ1n) is 5.78. The van der Waals surface area contributed by atoms with E-state index in [1.54, 1.807) is 0 Å². The Morgan fingerprint density at radius 3 is 2.87 bits per heavy atom. The number of likely N-dealkylation sites (tertiary alicyclic amines) is 1. The first-order chi connectivity index (χ1) is 7.09. The van der Waals surface area contributed by atoms with Gasteiger partial charge in [0, 0.05) is 13.1 Å². The molecule has 1 rings (SSSR count). The van der Waals surface area contributed by atoms with Gasteiger partial charge in [-0.1, -0.05) is 18.6 Å². The van der Waals surface area contributed by atoms with Crippen LogP contribution in [0.5, 0.6) is 0 Å². The Bertz CT molecular complexity index is 252. The molecular weight excluding hydrogens is 186 g/mol. The van der Waals surface area contributed by atoms with E-state index >= 15 is 0 Å². The van der Waals surface area contributed by atoms with Crippen LogP contribution in [0.4, 0.5) is 0 Å². The van der Waals surface area contributed by atoms with Crippen molar-refractivity contribution in [2.45, 2.75) is 33.6 Å². The standard InChI is InChI=1S/C12H23N3/c1-10(2)6-7-14-12(13)15-8-4-5-11(3)9-15/h6,11H,4-5,7-9H2,1-3H3,(H2,13,14)/t11-/m1/s1. The third-order valence-corrected chi connectivity index (χ3v) is 2.73. The second-order valence-electron chi connectivity index (χ2n) is 4.67. The van der Waals surface area contributed by atoms with E-state index in [0.29, 0.717) is 12.5 Å². The molecule has 3 heteroatoms. The van der Waals surface area contributed by atoms with Gasteiger partial charge in [-0.25, -0.2) is 4.99 Å². The van der Waals surface area contributed by atoms with Crippen LogP contribution >= 0.6 is 0 Å². The Kier molecular flexibility index (Phi) is 4.66. The summed E-state index contributed by atoms with van der Waals surface area (Å²) in [5.74, 6) is 1.45. The Morgan fingerprint density at radius 1 is 1.53 bits per heavy atom. The second-order valence-corrected chi connectivity index (χ2v) is 4.67. The molecule has 0 amide bonds. The van der Waals surface area contributed by atoms with E-state index in [1.165, 1.54) is 18.4 Å². The molecule has 86 valence electrons. The average molecular weight is 209 g/mol. The molecule has 1 saturated heterocycles. The van der Waals surface area contributed by atoms with Gasteiger partial charge >= 0.3 is 0 Å². The molecule has 0 aromatic heterocycles. The van der Waals surface area contributed by atoms with Crippen molar-refractivity contribution in [3.05, 3.63) is 11.6 Å². The minimum atomic E-state index is 0.707. The molecule has 0 unspecified atom stereocenters. The summed E-state index contributed by atoms with van der Waals surface area (Å²) >= 11 is 0. The molecule has 0 aromatic carbocycles. The van der Waals surface area contributed by atoms with Gasteiger partial charge in [0.1, 0.15) is 0 Å². The number of guanidine groups is 1. The van der Waals surface area contributed by atoms with Crippen LogP contribution in [0, 0.1) is 5.92 Å². The molecule has 0 aliphatic carbocycles. The number of allylic oxidation sites excluding steroid dienone is 1. The molecule has 3 nitrogen and oxygen atoms in total. The normalized spacial score (nSPS) is 22.7. The number of hydrogen-bond acceptors (Lipinski definition) is 1. The molecule has 0 spiro atoms. The van der Waals surface area contributed by atoms with Gasteiger partial charge in [-0.2, -0.15) is 0 Å². The van der Waals surface area contributed by atoms with Crippen LogP contribution < -0.4 is 5.73 Å². The Hall–Kier alpha value is -0.990. The highest BCUT2D eigenvalue weighted by Gasteiger charge is 2.17. The number of piperidine rings is 1. The van der Waals surface area contributed by atoms with Gasteiger partial charge in [-0.05, 0) is 32.6 Å². The van der Waals surface area contributed by atoms with Crippen LogP contribution in [0.15, 0.2) is 16.6 Å². The van der Waals surface area contributed by atoms with Crippen LogP contribution in [0.3, 0.4) is 0 Å². The first kappa shape index (κ1) is 12.1. The SMILES string of the molecule is CC(C)=CCN=C(N)N1CCC[C@@H](C)C1. The monoisotopic (exact) mass is 209 g/mol. The van der Waals surface area contributed by atoms with Crippen LogP contribution in [-0.4, -0.2) is 30.5 Å². The topological polar surface area (TPSA) is 41.6 Å². The highest BCUT2D eigenvalue weighted by molar-refractivity contribution is 5.78. The summed E-state index contributed by atoms with van der Waals surface area (Å²) in [5.41, 5.74) is 7.23. The fraction of sp³-hybridized carbons (Fsp3) is 0.750. The molecule has 1 aliphatic rings. The van der Waals surface area contributed by atoms with Crippen LogP contribution in [0.2, 0.25) is 0 Å². The summed E-state index contributed by atoms with van der Waals surface area (Å²) in [4.78, 5) is 6.57. The van der Waals surface area contributed by atoms with Gasteiger partial charge in [0.05, 0.1) is 6.54 Å². The lowest BCUT2D eigenvalue weighted by Gasteiger charge is -2.31. The zero-order chi connectivity index (χ0) is 11.3. The van der Waals surface area contributed by atoms with E-state index in [9.17, 15) is 0 Å². The van der Waals surface area contributed by atoms with E-state index in [2.05, 4.69) is 36.7 Å². The molecule has 0 radical (unpaired) electrons. The van der Waals surface area contributed by atoms with Crippen molar-refractivity contribution in [1.29, 1.82) is 0 Å². The van der Waals surface area contributed by atoms with Gasteiger partial charge in [0.25, 0.3) is 0 Å². The summed E-state index contributed by atoms with van der Waals surface area (Å²) in [5, 5.41) is 0. The molecule has 1 fully saturated rings. The zero-order valence-electron chi connectivity index (χ0n) is 10.2. The quantitative estimate of drug-likeness (QED) is 0.429. The lowest BCUT2D eigenvalue weighted by Crippen LogP contribution is -2.43. The maximum absolute atomic E-state index is 5.94. The average Bonchev–Trinajstić information content (AvgIpc) is 2.17. The van der Waals surface area contributed by atoms with E-state index in [1.807, 2.05) is 0 Å². The molecule has 0 saturated carbocycles. The molecule has 0 bridgehead atoms. The van der Waals surface area contributed by atoms with E-state index in [0.717, 1.165) is 19.0 Å². The maximum atomic E-state index is 5.94. The third-order valence-electron chi connectivity index (χ3n) is 2.73. The van der Waals surface area contributed by atoms with Gasteiger partial charge in [0.2, 0.25) is 0 Å². The van der Waals surface area contributed by atoms with Gasteiger partial charge in [0.15, 0.2) is 5.96 Å². The molecular formula is C12H23N3. The first-order valence-corrected chi connectivity index (χ1v) is 5.78. The van der Waals surface area contributed by atoms with Crippen molar-refractivity contribution in [1.82, 2.24) is 4.90 Å². The molecule has 1 aliphatic heterocycles. The summed E-state index contributed by atoms with van der Waals surface area (Å²) in [6.45, 7) is 9.26. The zero-order valence-corrected chi connectivity index (χ0v) is 10.2. The van der Waals surface area contributed by atoms with Crippen molar-refractivity contribution in [3.8, 4) is 0 Å². The predicted octanol–water partition coefficient (Wildman–Crippen LogP) is 2.00. The van der Waals surface area contributed by atoms with E-state index in [-0.39, 0.29) is 0 Å². The molecule has 15 heavy (non-hydrogen) atoms.